The first-order valence-corrected chi connectivity index (χ1v) is 7.70. The van der Waals surface area contributed by atoms with Gasteiger partial charge in [0.2, 0.25) is 17.6 Å². The van der Waals surface area contributed by atoms with Crippen LogP contribution in [0.4, 0.5) is 0 Å². The largest absolute Gasteiger partial charge is 0.354 e. The normalized spacial score (nSPS) is 16.8. The van der Waals surface area contributed by atoms with Gasteiger partial charge in [0.15, 0.2) is 0 Å². The van der Waals surface area contributed by atoms with Crippen LogP contribution in [0.25, 0.3) is 11.4 Å². The van der Waals surface area contributed by atoms with E-state index in [1.54, 1.807) is 6.07 Å². The fourth-order valence-corrected chi connectivity index (χ4v) is 2.65. The van der Waals surface area contributed by atoms with E-state index in [0.29, 0.717) is 29.7 Å². The summed E-state index contributed by atoms with van der Waals surface area (Å²) in [6.07, 6.45) is 2.43. The molecule has 1 aromatic carbocycles. The molecule has 2 N–H and O–H groups in total. The van der Waals surface area contributed by atoms with Crippen molar-refractivity contribution in [2.24, 2.45) is 0 Å². The van der Waals surface area contributed by atoms with E-state index in [2.05, 4.69) is 20.8 Å². The van der Waals surface area contributed by atoms with E-state index in [1.165, 1.54) is 0 Å². The summed E-state index contributed by atoms with van der Waals surface area (Å²) in [5.41, 5.74) is 0.735. The molecule has 8 heteroatoms. The zero-order valence-electron chi connectivity index (χ0n) is 12.4. The third-order valence-electron chi connectivity index (χ3n) is 3.60. The molecule has 0 radical (unpaired) electrons. The fourth-order valence-electron chi connectivity index (χ4n) is 2.43. The van der Waals surface area contributed by atoms with Gasteiger partial charge in [0.05, 0.1) is 11.1 Å². The van der Waals surface area contributed by atoms with Gasteiger partial charge >= 0.3 is 0 Å². The summed E-state index contributed by atoms with van der Waals surface area (Å²) in [7, 11) is 0. The lowest BCUT2D eigenvalue weighted by Crippen LogP contribution is -2.41. The maximum absolute atomic E-state index is 11.8. The lowest BCUT2D eigenvalue weighted by Gasteiger charge is -2.09. The minimum absolute atomic E-state index is 0. The molecule has 1 atom stereocenters. The Bertz CT molecular complexity index is 656. The number of rotatable bonds is 5. The van der Waals surface area contributed by atoms with E-state index in [-0.39, 0.29) is 24.4 Å². The second-order valence-corrected chi connectivity index (χ2v) is 5.59. The van der Waals surface area contributed by atoms with Crippen LogP contribution in [0, 0.1) is 0 Å². The van der Waals surface area contributed by atoms with Gasteiger partial charge in [0, 0.05) is 18.5 Å². The molecule has 1 saturated heterocycles. The number of nitrogens with one attached hydrogen (secondary N) is 2. The molecular weight excluding hydrogens is 339 g/mol. The number of carbonyl (C=O) groups excluding carboxylic acids is 1. The predicted octanol–water partition coefficient (Wildman–Crippen LogP) is 2.22. The second-order valence-electron chi connectivity index (χ2n) is 5.18. The summed E-state index contributed by atoms with van der Waals surface area (Å²) in [6.45, 7) is 1.38. The molecule has 2 aromatic rings. The summed E-state index contributed by atoms with van der Waals surface area (Å²) in [4.78, 5) is 16.2. The van der Waals surface area contributed by atoms with Crippen molar-refractivity contribution in [1.29, 1.82) is 0 Å². The number of carbonyl (C=O) groups is 1. The Morgan fingerprint density at radius 2 is 2.26 bits per heavy atom. The Balaban J connectivity index is 0.00000192. The smallest absolute Gasteiger partial charge is 0.237 e. The highest BCUT2D eigenvalue weighted by molar-refractivity contribution is 6.33. The zero-order chi connectivity index (χ0) is 15.4. The molecule has 0 spiro atoms. The summed E-state index contributed by atoms with van der Waals surface area (Å²) in [5, 5.41) is 10.5. The molecule has 1 unspecified atom stereocenters. The van der Waals surface area contributed by atoms with Crippen molar-refractivity contribution in [3.8, 4) is 11.4 Å². The highest BCUT2D eigenvalue weighted by Gasteiger charge is 2.21. The van der Waals surface area contributed by atoms with Gasteiger partial charge in [-0.25, -0.2) is 0 Å². The van der Waals surface area contributed by atoms with Gasteiger partial charge in [-0.3, -0.25) is 4.79 Å². The van der Waals surface area contributed by atoms with Gasteiger partial charge < -0.3 is 15.2 Å². The van der Waals surface area contributed by atoms with Crippen LogP contribution >= 0.6 is 24.0 Å². The van der Waals surface area contributed by atoms with Gasteiger partial charge in [-0.05, 0) is 31.5 Å². The molecule has 0 aliphatic carbocycles. The monoisotopic (exact) mass is 356 g/mol. The van der Waals surface area contributed by atoms with E-state index < -0.39 is 0 Å². The average Bonchev–Trinajstić information content (AvgIpc) is 3.19. The maximum atomic E-state index is 11.8. The van der Waals surface area contributed by atoms with E-state index in [1.807, 2.05) is 18.2 Å². The SMILES string of the molecule is Cl.O=C(NCCc1nc(-c2ccccc2Cl)no1)C1CCCN1. The quantitative estimate of drug-likeness (QED) is 0.858. The Morgan fingerprint density at radius 1 is 1.43 bits per heavy atom. The Morgan fingerprint density at radius 3 is 3.00 bits per heavy atom. The summed E-state index contributed by atoms with van der Waals surface area (Å²) < 4.78 is 5.19. The molecule has 6 nitrogen and oxygen atoms in total. The number of benzene rings is 1. The van der Waals surface area contributed by atoms with Crippen molar-refractivity contribution in [3.63, 3.8) is 0 Å². The van der Waals surface area contributed by atoms with Crippen molar-refractivity contribution >= 4 is 29.9 Å². The Hall–Kier alpha value is -1.63. The third kappa shape index (κ3) is 4.43. The van der Waals surface area contributed by atoms with Gasteiger partial charge in [0.25, 0.3) is 0 Å². The topological polar surface area (TPSA) is 80.1 Å². The van der Waals surface area contributed by atoms with E-state index in [0.717, 1.165) is 24.9 Å². The lowest BCUT2D eigenvalue weighted by molar-refractivity contribution is -0.122. The highest BCUT2D eigenvalue weighted by atomic mass is 35.5. The molecule has 23 heavy (non-hydrogen) atoms. The maximum Gasteiger partial charge on any atom is 0.237 e. The van der Waals surface area contributed by atoms with Crippen LogP contribution < -0.4 is 10.6 Å². The van der Waals surface area contributed by atoms with Crippen LogP contribution in [0.15, 0.2) is 28.8 Å². The molecular formula is C15H18Cl2N4O2. The van der Waals surface area contributed by atoms with E-state index in [4.69, 9.17) is 16.1 Å². The molecule has 1 aliphatic rings. The molecule has 0 bridgehead atoms. The van der Waals surface area contributed by atoms with Crippen molar-refractivity contribution in [1.82, 2.24) is 20.8 Å². The number of hydrogen-bond acceptors (Lipinski definition) is 5. The van der Waals surface area contributed by atoms with E-state index >= 15 is 0 Å². The van der Waals surface area contributed by atoms with Crippen molar-refractivity contribution in [2.75, 3.05) is 13.1 Å². The molecule has 1 fully saturated rings. The Labute approximate surface area is 145 Å². The van der Waals surface area contributed by atoms with E-state index in [9.17, 15) is 4.79 Å². The molecule has 3 rings (SSSR count). The first-order valence-electron chi connectivity index (χ1n) is 7.32. The summed E-state index contributed by atoms with van der Waals surface area (Å²) in [6, 6.07) is 7.26. The molecule has 124 valence electrons. The molecule has 1 aliphatic heterocycles. The predicted molar refractivity (Wildman–Crippen MR) is 89.7 cm³/mol. The second kappa shape index (κ2) is 8.29. The molecule has 1 aromatic heterocycles. The van der Waals surface area contributed by atoms with Gasteiger partial charge in [-0.15, -0.1) is 12.4 Å². The van der Waals surface area contributed by atoms with Gasteiger partial charge in [0.1, 0.15) is 0 Å². The van der Waals surface area contributed by atoms with Crippen LogP contribution in [0.5, 0.6) is 0 Å². The van der Waals surface area contributed by atoms with Crippen LogP contribution in [0.1, 0.15) is 18.7 Å². The number of hydrogen-bond donors (Lipinski definition) is 2. The zero-order valence-corrected chi connectivity index (χ0v) is 14.0. The molecule has 2 heterocycles. The summed E-state index contributed by atoms with van der Waals surface area (Å²) >= 11 is 6.10. The van der Waals surface area contributed by atoms with Gasteiger partial charge in [-0.2, -0.15) is 4.98 Å². The number of nitrogens with zero attached hydrogens (tertiary/aromatic N) is 2. The first kappa shape index (κ1) is 17.7. The standard InChI is InChI=1S/C15H17ClN4O2.ClH/c16-11-5-2-1-4-10(11)14-19-13(22-20-14)7-9-18-15(21)12-6-3-8-17-12;/h1-2,4-5,12,17H,3,6-9H2,(H,18,21);1H. The van der Waals surface area contributed by atoms with Crippen molar-refractivity contribution < 1.29 is 9.32 Å². The van der Waals surface area contributed by atoms with Crippen LogP contribution in [0.2, 0.25) is 5.02 Å². The van der Waals surface area contributed by atoms with Crippen molar-refractivity contribution in [3.05, 3.63) is 35.2 Å². The van der Waals surface area contributed by atoms with Gasteiger partial charge in [-0.1, -0.05) is 28.9 Å². The first-order chi connectivity index (χ1) is 10.7. The molecule has 0 saturated carbocycles. The Kier molecular flexibility index (Phi) is 6.38. The summed E-state index contributed by atoms with van der Waals surface area (Å²) in [5.74, 6) is 0.974. The number of amides is 1. The lowest BCUT2D eigenvalue weighted by atomic mass is 10.2. The van der Waals surface area contributed by atoms with Crippen LogP contribution in [0.3, 0.4) is 0 Å². The van der Waals surface area contributed by atoms with Crippen LogP contribution in [-0.2, 0) is 11.2 Å². The molecule has 1 amide bonds. The average molecular weight is 357 g/mol. The minimum Gasteiger partial charge on any atom is -0.354 e. The van der Waals surface area contributed by atoms with Crippen LogP contribution in [-0.4, -0.2) is 35.2 Å². The van der Waals surface area contributed by atoms with Crippen molar-refractivity contribution in [2.45, 2.75) is 25.3 Å². The third-order valence-corrected chi connectivity index (χ3v) is 3.93. The number of aromatic nitrogens is 2. The fraction of sp³-hybridized carbons (Fsp3) is 0.400. The number of halogens is 2. The highest BCUT2D eigenvalue weighted by Crippen LogP contribution is 2.24. The minimum atomic E-state index is -0.0682.